The Morgan fingerprint density at radius 3 is 3.00 bits per heavy atom. The van der Waals surface area contributed by atoms with Crippen molar-refractivity contribution in [1.29, 1.82) is 0 Å². The first-order chi connectivity index (χ1) is 10.7. The predicted molar refractivity (Wildman–Crippen MR) is 81.0 cm³/mol. The maximum absolute atomic E-state index is 11.4. The van der Waals surface area contributed by atoms with Crippen molar-refractivity contribution in [2.45, 2.75) is 12.8 Å². The van der Waals surface area contributed by atoms with Gasteiger partial charge in [-0.15, -0.1) is 0 Å². The van der Waals surface area contributed by atoms with Gasteiger partial charge in [-0.3, -0.25) is 5.32 Å². The van der Waals surface area contributed by atoms with Crippen molar-refractivity contribution in [3.8, 4) is 11.5 Å². The van der Waals surface area contributed by atoms with Crippen LogP contribution in [0.4, 0.5) is 10.5 Å². The van der Waals surface area contributed by atoms with Crippen molar-refractivity contribution in [2.75, 3.05) is 25.0 Å². The highest BCUT2D eigenvalue weighted by Gasteiger charge is 2.25. The molecule has 1 saturated heterocycles. The van der Waals surface area contributed by atoms with Gasteiger partial charge in [0.05, 0.1) is 17.2 Å². The zero-order valence-electron chi connectivity index (χ0n) is 11.9. The van der Waals surface area contributed by atoms with Crippen molar-refractivity contribution in [2.24, 2.45) is 0 Å². The van der Waals surface area contributed by atoms with Gasteiger partial charge in [-0.1, -0.05) is 16.8 Å². The van der Waals surface area contributed by atoms with Crippen LogP contribution in [-0.4, -0.2) is 35.9 Å². The van der Waals surface area contributed by atoms with Gasteiger partial charge in [-0.25, -0.2) is 4.79 Å². The average Bonchev–Trinajstić information content (AvgIpc) is 2.86. The van der Waals surface area contributed by atoms with E-state index in [1.54, 1.807) is 25.1 Å². The number of hydrogen-bond donors (Lipinski definition) is 2. The molecule has 2 heterocycles. The zero-order valence-corrected chi connectivity index (χ0v) is 12.7. The first kappa shape index (κ1) is 14.8. The number of anilines is 1. The van der Waals surface area contributed by atoms with Gasteiger partial charge in [0.25, 0.3) is 5.89 Å². The molecule has 0 spiro atoms. The fourth-order valence-corrected chi connectivity index (χ4v) is 2.29. The fraction of sp³-hybridized carbons (Fsp3) is 0.357. The highest BCUT2D eigenvalue weighted by atomic mass is 35.5. The SMILES string of the molecule is CCOC(=O)Nc1ccc(-c2nc(C3CNC3)no2)c(Cl)c1. The minimum atomic E-state index is -0.524. The van der Waals surface area contributed by atoms with Crippen LogP contribution in [0.2, 0.25) is 5.02 Å². The molecule has 116 valence electrons. The number of aromatic nitrogens is 2. The van der Waals surface area contributed by atoms with Crippen LogP contribution in [0.15, 0.2) is 22.7 Å². The molecule has 7 nitrogen and oxygen atoms in total. The Balaban J connectivity index is 1.76. The van der Waals surface area contributed by atoms with Crippen molar-refractivity contribution in [3.63, 3.8) is 0 Å². The van der Waals surface area contributed by atoms with Gasteiger partial charge in [0.1, 0.15) is 0 Å². The van der Waals surface area contributed by atoms with Crippen molar-refractivity contribution < 1.29 is 14.1 Å². The second-order valence-corrected chi connectivity index (χ2v) is 5.26. The minimum Gasteiger partial charge on any atom is -0.450 e. The van der Waals surface area contributed by atoms with Crippen LogP contribution in [0.5, 0.6) is 0 Å². The number of amides is 1. The second kappa shape index (κ2) is 6.33. The molecule has 0 radical (unpaired) electrons. The van der Waals surface area contributed by atoms with Crippen LogP contribution in [-0.2, 0) is 4.74 Å². The lowest BCUT2D eigenvalue weighted by atomic mass is 10.0. The van der Waals surface area contributed by atoms with Gasteiger partial charge >= 0.3 is 6.09 Å². The Bertz CT molecular complexity index is 684. The molecule has 1 amide bonds. The van der Waals surface area contributed by atoms with E-state index in [4.69, 9.17) is 20.9 Å². The number of carbonyl (C=O) groups is 1. The Kier molecular flexibility index (Phi) is 4.26. The number of rotatable bonds is 4. The van der Waals surface area contributed by atoms with Gasteiger partial charge in [0, 0.05) is 24.7 Å². The molecule has 0 atom stereocenters. The van der Waals surface area contributed by atoms with Gasteiger partial charge in [-0.2, -0.15) is 4.98 Å². The summed E-state index contributed by atoms with van der Waals surface area (Å²) in [6.07, 6.45) is -0.524. The number of benzene rings is 1. The molecule has 3 rings (SSSR count). The van der Waals surface area contributed by atoms with Crippen LogP contribution < -0.4 is 10.6 Å². The van der Waals surface area contributed by atoms with Gasteiger partial charge in [-0.05, 0) is 25.1 Å². The summed E-state index contributed by atoms with van der Waals surface area (Å²) < 4.78 is 10.1. The molecule has 1 aromatic carbocycles. The highest BCUT2D eigenvalue weighted by Crippen LogP contribution is 2.30. The summed E-state index contributed by atoms with van der Waals surface area (Å²) in [7, 11) is 0. The molecule has 2 N–H and O–H groups in total. The Morgan fingerprint density at radius 1 is 1.55 bits per heavy atom. The van der Waals surface area contributed by atoms with Crippen LogP contribution in [0.1, 0.15) is 18.7 Å². The second-order valence-electron chi connectivity index (χ2n) is 4.85. The third kappa shape index (κ3) is 3.05. The smallest absolute Gasteiger partial charge is 0.411 e. The van der Waals surface area contributed by atoms with E-state index >= 15 is 0 Å². The quantitative estimate of drug-likeness (QED) is 0.899. The summed E-state index contributed by atoms with van der Waals surface area (Å²) >= 11 is 6.23. The average molecular weight is 323 g/mol. The molecule has 1 fully saturated rings. The van der Waals surface area contributed by atoms with E-state index < -0.39 is 6.09 Å². The van der Waals surface area contributed by atoms with Crippen LogP contribution >= 0.6 is 11.6 Å². The Hall–Kier alpha value is -2.12. The maximum Gasteiger partial charge on any atom is 0.411 e. The summed E-state index contributed by atoms with van der Waals surface area (Å²) in [5, 5.41) is 10.1. The summed E-state index contributed by atoms with van der Waals surface area (Å²) in [6, 6.07) is 5.04. The summed E-state index contributed by atoms with van der Waals surface area (Å²) in [5.41, 5.74) is 1.16. The molecule has 1 aliphatic rings. The lowest BCUT2D eigenvalue weighted by Crippen LogP contribution is -2.40. The van der Waals surface area contributed by atoms with E-state index in [0.717, 1.165) is 13.1 Å². The first-order valence-electron chi connectivity index (χ1n) is 6.95. The molecule has 0 unspecified atom stereocenters. The summed E-state index contributed by atoms with van der Waals surface area (Å²) in [5.74, 6) is 1.34. The number of ether oxygens (including phenoxy) is 1. The predicted octanol–water partition coefficient (Wildman–Crippen LogP) is 2.65. The maximum atomic E-state index is 11.4. The Morgan fingerprint density at radius 2 is 2.36 bits per heavy atom. The van der Waals surface area contributed by atoms with Gasteiger partial charge in [0.15, 0.2) is 5.82 Å². The number of nitrogens with zero attached hydrogens (tertiary/aromatic N) is 2. The summed E-state index contributed by atoms with van der Waals surface area (Å²) in [4.78, 5) is 15.7. The van der Waals surface area contributed by atoms with Crippen molar-refractivity contribution in [3.05, 3.63) is 29.0 Å². The zero-order chi connectivity index (χ0) is 15.5. The monoisotopic (exact) mass is 322 g/mol. The third-order valence-electron chi connectivity index (χ3n) is 3.31. The van der Waals surface area contributed by atoms with Crippen LogP contribution in [0, 0.1) is 0 Å². The fourth-order valence-electron chi connectivity index (χ4n) is 2.03. The largest absolute Gasteiger partial charge is 0.450 e. The standard InChI is InChI=1S/C14H15ClN4O3/c1-2-21-14(20)17-9-3-4-10(11(15)5-9)13-18-12(19-22-13)8-6-16-7-8/h3-5,8,16H,2,6-7H2,1H3,(H,17,20). The van der Waals surface area contributed by atoms with Gasteiger partial charge in [0.2, 0.25) is 0 Å². The molecular weight excluding hydrogens is 308 g/mol. The molecule has 0 aliphatic carbocycles. The molecule has 1 aromatic heterocycles. The number of carbonyl (C=O) groups excluding carboxylic acids is 1. The van der Waals surface area contributed by atoms with E-state index in [9.17, 15) is 4.79 Å². The van der Waals surface area contributed by atoms with E-state index in [1.165, 1.54) is 0 Å². The van der Waals surface area contributed by atoms with Crippen LogP contribution in [0.25, 0.3) is 11.5 Å². The van der Waals surface area contributed by atoms with E-state index in [0.29, 0.717) is 40.5 Å². The number of hydrogen-bond acceptors (Lipinski definition) is 6. The number of nitrogens with one attached hydrogen (secondary N) is 2. The lowest BCUT2D eigenvalue weighted by Gasteiger charge is -2.23. The molecule has 1 aliphatic heterocycles. The molecule has 0 bridgehead atoms. The van der Waals surface area contributed by atoms with Crippen molar-refractivity contribution in [1.82, 2.24) is 15.5 Å². The van der Waals surface area contributed by atoms with E-state index in [1.807, 2.05) is 0 Å². The van der Waals surface area contributed by atoms with Gasteiger partial charge < -0.3 is 14.6 Å². The number of halogens is 1. The highest BCUT2D eigenvalue weighted by molar-refractivity contribution is 6.33. The summed E-state index contributed by atoms with van der Waals surface area (Å²) in [6.45, 7) is 3.75. The normalized spacial score (nSPS) is 14.5. The van der Waals surface area contributed by atoms with E-state index in [2.05, 4.69) is 20.8 Å². The van der Waals surface area contributed by atoms with Crippen molar-refractivity contribution >= 4 is 23.4 Å². The third-order valence-corrected chi connectivity index (χ3v) is 3.62. The lowest BCUT2D eigenvalue weighted by molar-refractivity contribution is 0.168. The molecule has 2 aromatic rings. The van der Waals surface area contributed by atoms with Crippen LogP contribution in [0.3, 0.4) is 0 Å². The molecule has 22 heavy (non-hydrogen) atoms. The molecule has 0 saturated carbocycles. The van der Waals surface area contributed by atoms with E-state index in [-0.39, 0.29) is 0 Å². The molecule has 8 heteroatoms. The molecular formula is C14H15ClN4O3. The first-order valence-corrected chi connectivity index (χ1v) is 7.33. The minimum absolute atomic E-state index is 0.293. The Labute approximate surface area is 132 Å². The topological polar surface area (TPSA) is 89.3 Å².